The highest BCUT2D eigenvalue weighted by Gasteiger charge is 2.23. The normalized spacial score (nSPS) is 13.3. The zero-order chi connectivity index (χ0) is 16.0. The number of anilines is 2. The molecule has 5 nitrogen and oxygen atoms in total. The van der Waals surface area contributed by atoms with Crippen molar-refractivity contribution in [3.05, 3.63) is 40.3 Å². The lowest BCUT2D eigenvalue weighted by molar-refractivity contribution is 0.0691. The predicted molar refractivity (Wildman–Crippen MR) is 83.0 cm³/mol. The lowest BCUT2D eigenvalue weighted by Gasteiger charge is -2.13. The molecule has 0 spiro atoms. The van der Waals surface area contributed by atoms with Gasteiger partial charge in [-0.05, 0) is 24.1 Å². The Labute approximate surface area is 131 Å². The van der Waals surface area contributed by atoms with Gasteiger partial charge in [-0.3, -0.25) is 0 Å². The van der Waals surface area contributed by atoms with Crippen LogP contribution in [0.4, 0.5) is 15.8 Å². The van der Waals surface area contributed by atoms with Gasteiger partial charge >= 0.3 is 5.97 Å². The van der Waals surface area contributed by atoms with E-state index in [9.17, 15) is 9.18 Å². The lowest BCUT2D eigenvalue weighted by atomic mass is 10.0. The van der Waals surface area contributed by atoms with Crippen molar-refractivity contribution in [1.82, 2.24) is 4.98 Å². The van der Waals surface area contributed by atoms with Gasteiger partial charge in [0.15, 0.2) is 11.5 Å². The van der Waals surface area contributed by atoms with Crippen LogP contribution >= 0.6 is 11.6 Å². The molecular formula is C15H13ClFN3O2. The van der Waals surface area contributed by atoms with Crippen molar-refractivity contribution in [3.8, 4) is 11.3 Å². The number of nitrogen functional groups attached to an aromatic ring is 1. The van der Waals surface area contributed by atoms with Gasteiger partial charge < -0.3 is 15.7 Å². The molecule has 1 aliphatic rings. The number of nitrogens with two attached hydrogens (primary N) is 1. The smallest absolute Gasteiger partial charge is 0.356 e. The van der Waals surface area contributed by atoms with Crippen LogP contribution in [0.15, 0.2) is 18.2 Å². The van der Waals surface area contributed by atoms with Crippen molar-refractivity contribution >= 4 is 28.9 Å². The molecule has 0 radical (unpaired) electrons. The number of halogens is 2. The molecule has 0 atom stereocenters. The first-order chi connectivity index (χ1) is 10.4. The van der Waals surface area contributed by atoms with Crippen LogP contribution < -0.4 is 10.6 Å². The summed E-state index contributed by atoms with van der Waals surface area (Å²) >= 11 is 5.75. The topological polar surface area (TPSA) is 79.5 Å². The van der Waals surface area contributed by atoms with E-state index in [2.05, 4.69) is 9.88 Å². The fourth-order valence-corrected chi connectivity index (χ4v) is 2.81. The molecule has 3 N–H and O–H groups in total. The number of rotatable bonds is 2. The Hall–Kier alpha value is -2.34. The predicted octanol–water partition coefficient (Wildman–Crippen LogP) is 2.81. The number of nitrogens with zero attached hydrogens (tertiary/aromatic N) is 2. The molecule has 0 saturated heterocycles. The maximum absolute atomic E-state index is 14.3. The van der Waals surface area contributed by atoms with Gasteiger partial charge in [-0.1, -0.05) is 17.7 Å². The number of aromatic carboxylic acids is 1. The molecule has 0 unspecified atom stereocenters. The number of carboxylic acids is 1. The van der Waals surface area contributed by atoms with E-state index in [1.807, 2.05) is 19.2 Å². The molecule has 114 valence electrons. The monoisotopic (exact) mass is 321 g/mol. The number of likely N-dealkylation sites (N-methyl/N-ethyl adjacent to an activating group) is 1. The van der Waals surface area contributed by atoms with Crippen molar-refractivity contribution in [2.45, 2.75) is 6.42 Å². The number of aromatic nitrogens is 1. The fraction of sp³-hybridized carbons (Fsp3) is 0.200. The molecule has 3 rings (SSSR count). The minimum atomic E-state index is -1.35. The second kappa shape index (κ2) is 5.14. The third-order valence-corrected chi connectivity index (χ3v) is 4.18. The summed E-state index contributed by atoms with van der Waals surface area (Å²) in [6, 6.07) is 5.37. The van der Waals surface area contributed by atoms with Crippen LogP contribution in [0.2, 0.25) is 5.02 Å². The largest absolute Gasteiger partial charge is 0.476 e. The van der Waals surface area contributed by atoms with Crippen LogP contribution in [-0.2, 0) is 6.42 Å². The second-order valence-corrected chi connectivity index (χ2v) is 5.55. The summed E-state index contributed by atoms with van der Waals surface area (Å²) in [6.07, 6.45) is 0.843. The van der Waals surface area contributed by atoms with Gasteiger partial charge in [0.2, 0.25) is 0 Å². The first-order valence-corrected chi connectivity index (χ1v) is 7.00. The molecule has 1 aromatic carbocycles. The highest BCUT2D eigenvalue weighted by Crippen LogP contribution is 2.35. The molecule has 0 aliphatic carbocycles. The van der Waals surface area contributed by atoms with Gasteiger partial charge in [-0.25, -0.2) is 14.2 Å². The van der Waals surface area contributed by atoms with E-state index >= 15 is 0 Å². The van der Waals surface area contributed by atoms with Crippen LogP contribution in [0.3, 0.4) is 0 Å². The Kier molecular flexibility index (Phi) is 3.41. The van der Waals surface area contributed by atoms with E-state index in [1.165, 1.54) is 0 Å². The van der Waals surface area contributed by atoms with Gasteiger partial charge in [-0.2, -0.15) is 0 Å². The van der Waals surface area contributed by atoms with Gasteiger partial charge in [-0.15, -0.1) is 0 Å². The molecule has 2 heterocycles. The van der Waals surface area contributed by atoms with E-state index in [-0.39, 0.29) is 10.7 Å². The molecule has 1 aliphatic heterocycles. The molecule has 0 fully saturated rings. The standard InChI is InChI=1S/C15H13ClFN3O2/c1-20-5-4-7-6-8(2-3-9(7)20)13-11(17)12(18)10(16)14(19-13)15(21)22/h2-3,6H,4-5H2,1H3,(H2,18,19)(H,21,22). The molecule has 0 saturated carbocycles. The third-order valence-electron chi connectivity index (χ3n) is 3.80. The average Bonchev–Trinajstić information content (AvgIpc) is 2.85. The number of benzene rings is 1. The molecule has 0 amide bonds. The Morgan fingerprint density at radius 3 is 2.91 bits per heavy atom. The van der Waals surface area contributed by atoms with Crippen LogP contribution in [-0.4, -0.2) is 29.7 Å². The Morgan fingerprint density at radius 2 is 2.23 bits per heavy atom. The molecule has 1 aromatic heterocycles. The van der Waals surface area contributed by atoms with E-state index in [0.29, 0.717) is 5.56 Å². The van der Waals surface area contributed by atoms with Crippen LogP contribution in [0.25, 0.3) is 11.3 Å². The average molecular weight is 322 g/mol. The number of carbonyl (C=O) groups is 1. The molecule has 22 heavy (non-hydrogen) atoms. The molecular weight excluding hydrogens is 309 g/mol. The summed E-state index contributed by atoms with van der Waals surface area (Å²) in [5.74, 6) is -2.15. The summed E-state index contributed by atoms with van der Waals surface area (Å²) < 4.78 is 14.3. The fourth-order valence-electron chi connectivity index (χ4n) is 2.61. The van der Waals surface area contributed by atoms with Crippen LogP contribution in [0.1, 0.15) is 16.1 Å². The number of pyridine rings is 1. The summed E-state index contributed by atoms with van der Waals surface area (Å²) in [5, 5.41) is 8.73. The van der Waals surface area contributed by atoms with Gasteiger partial charge in [0, 0.05) is 24.8 Å². The summed E-state index contributed by atoms with van der Waals surface area (Å²) in [4.78, 5) is 17.1. The number of hydrogen-bond acceptors (Lipinski definition) is 4. The number of hydrogen-bond donors (Lipinski definition) is 2. The summed E-state index contributed by atoms with van der Waals surface area (Å²) in [5.41, 5.74) is 7.24. The first-order valence-electron chi connectivity index (χ1n) is 6.62. The first kappa shape index (κ1) is 14.6. The molecule has 7 heteroatoms. The van der Waals surface area contributed by atoms with Gasteiger partial charge in [0.1, 0.15) is 5.69 Å². The Bertz CT molecular complexity index is 795. The Morgan fingerprint density at radius 1 is 1.50 bits per heavy atom. The lowest BCUT2D eigenvalue weighted by Crippen LogP contribution is -2.12. The molecule has 0 bridgehead atoms. The maximum atomic E-state index is 14.3. The minimum absolute atomic E-state index is 0.100. The number of carboxylic acid groups (broad SMARTS) is 1. The van der Waals surface area contributed by atoms with E-state index in [0.717, 1.165) is 24.2 Å². The minimum Gasteiger partial charge on any atom is -0.476 e. The summed E-state index contributed by atoms with van der Waals surface area (Å²) in [6.45, 7) is 0.887. The highest BCUT2D eigenvalue weighted by molar-refractivity contribution is 6.35. The van der Waals surface area contributed by atoms with Crippen molar-refractivity contribution in [3.63, 3.8) is 0 Å². The van der Waals surface area contributed by atoms with Crippen molar-refractivity contribution in [1.29, 1.82) is 0 Å². The third kappa shape index (κ3) is 2.16. The van der Waals surface area contributed by atoms with Gasteiger partial charge in [0.25, 0.3) is 0 Å². The van der Waals surface area contributed by atoms with Crippen LogP contribution in [0.5, 0.6) is 0 Å². The zero-order valence-corrected chi connectivity index (χ0v) is 12.5. The zero-order valence-electron chi connectivity index (χ0n) is 11.7. The summed E-state index contributed by atoms with van der Waals surface area (Å²) in [7, 11) is 1.98. The van der Waals surface area contributed by atoms with E-state index < -0.39 is 23.2 Å². The molecule has 2 aromatic rings. The number of fused-ring (bicyclic) bond motifs is 1. The van der Waals surface area contributed by atoms with Crippen molar-refractivity contribution in [2.75, 3.05) is 24.2 Å². The Balaban J connectivity index is 2.19. The quantitative estimate of drug-likeness (QED) is 0.889. The second-order valence-electron chi connectivity index (χ2n) is 5.17. The van der Waals surface area contributed by atoms with Crippen molar-refractivity contribution in [2.24, 2.45) is 0 Å². The van der Waals surface area contributed by atoms with Crippen LogP contribution in [0, 0.1) is 5.82 Å². The van der Waals surface area contributed by atoms with E-state index in [4.69, 9.17) is 22.4 Å². The highest BCUT2D eigenvalue weighted by atomic mass is 35.5. The SMILES string of the molecule is CN1CCc2cc(-c3nc(C(=O)O)c(Cl)c(N)c3F)ccc21. The van der Waals surface area contributed by atoms with Gasteiger partial charge in [0.05, 0.1) is 10.7 Å². The van der Waals surface area contributed by atoms with E-state index in [1.54, 1.807) is 6.07 Å². The maximum Gasteiger partial charge on any atom is 0.356 e. The van der Waals surface area contributed by atoms with Crippen molar-refractivity contribution < 1.29 is 14.3 Å².